The maximum Gasteiger partial charge on any atom is 1.00 e. The fourth-order valence-corrected chi connectivity index (χ4v) is 4.79. The van der Waals surface area contributed by atoms with Crippen molar-refractivity contribution in [2.24, 2.45) is 0 Å². The molecule has 2 atom stereocenters. The van der Waals surface area contributed by atoms with Gasteiger partial charge in [0, 0.05) is 5.25 Å². The molecule has 170 valence electrons. The molecular formula is C23H47NaO4S. The molecule has 0 saturated heterocycles. The minimum absolute atomic E-state index is 0. The van der Waals surface area contributed by atoms with Crippen molar-refractivity contribution in [1.82, 2.24) is 0 Å². The van der Waals surface area contributed by atoms with Crippen molar-refractivity contribution in [2.75, 3.05) is 0 Å². The van der Waals surface area contributed by atoms with Crippen LogP contribution in [0.15, 0.2) is 0 Å². The fraction of sp³-hybridized carbons (Fsp3) is 1.00. The van der Waals surface area contributed by atoms with Crippen LogP contribution in [0.4, 0.5) is 0 Å². The molecule has 0 bridgehead atoms. The van der Waals surface area contributed by atoms with Gasteiger partial charge in [-0.25, -0.2) is 8.42 Å². The second-order valence-corrected chi connectivity index (χ2v) is 10.2. The summed E-state index contributed by atoms with van der Waals surface area (Å²) in [5.41, 5.74) is 0. The van der Waals surface area contributed by atoms with Gasteiger partial charge >= 0.3 is 29.6 Å². The summed E-state index contributed by atoms with van der Waals surface area (Å²) >= 11 is 0. The third-order valence-corrected chi connectivity index (χ3v) is 7.01. The first-order valence-electron chi connectivity index (χ1n) is 12.0. The summed E-state index contributed by atoms with van der Waals surface area (Å²) < 4.78 is 34.4. The third kappa shape index (κ3) is 21.9. The van der Waals surface area contributed by atoms with Gasteiger partial charge in [-0.15, -0.1) is 0 Å². The zero-order valence-electron chi connectivity index (χ0n) is 19.7. The van der Waals surface area contributed by atoms with Crippen molar-refractivity contribution in [2.45, 2.75) is 147 Å². The van der Waals surface area contributed by atoms with Crippen molar-refractivity contribution in [3.63, 3.8) is 0 Å². The van der Waals surface area contributed by atoms with Gasteiger partial charge < -0.3 is 9.66 Å². The summed E-state index contributed by atoms with van der Waals surface area (Å²) in [6.07, 6.45) is 19.7. The van der Waals surface area contributed by atoms with Crippen LogP contribution in [0.25, 0.3) is 0 Å². The molecule has 0 fully saturated rings. The molecule has 0 aromatic heterocycles. The van der Waals surface area contributed by atoms with Gasteiger partial charge in [0.05, 0.1) is 16.2 Å². The topological polar surface area (TPSA) is 77.4 Å². The van der Waals surface area contributed by atoms with E-state index in [9.17, 15) is 18.1 Å². The maximum absolute atomic E-state index is 11.5. The molecule has 4 nitrogen and oxygen atoms in total. The molecule has 2 unspecified atom stereocenters. The minimum Gasteiger partial charge on any atom is -0.748 e. The quantitative estimate of drug-likeness (QED) is 0.167. The Morgan fingerprint density at radius 2 is 1.03 bits per heavy atom. The SMILES string of the molecule is CCCCCCCCCCCCCCCC(CCCC(O)CCC)S(=O)(=O)[O-].[Na+]. The van der Waals surface area contributed by atoms with E-state index in [-0.39, 0.29) is 35.7 Å². The van der Waals surface area contributed by atoms with E-state index in [2.05, 4.69) is 6.92 Å². The third-order valence-electron chi connectivity index (χ3n) is 5.72. The van der Waals surface area contributed by atoms with Crippen molar-refractivity contribution in [1.29, 1.82) is 0 Å². The van der Waals surface area contributed by atoms with Crippen molar-refractivity contribution in [3.8, 4) is 0 Å². The van der Waals surface area contributed by atoms with Crippen LogP contribution >= 0.6 is 0 Å². The summed E-state index contributed by atoms with van der Waals surface area (Å²) in [7, 11) is -4.22. The summed E-state index contributed by atoms with van der Waals surface area (Å²) in [5, 5.41) is 8.97. The first-order chi connectivity index (χ1) is 13.4. The molecule has 0 amide bonds. The predicted octanol–water partition coefficient (Wildman–Crippen LogP) is 3.72. The molecule has 0 aliphatic rings. The summed E-state index contributed by atoms with van der Waals surface area (Å²) in [6.45, 7) is 4.27. The Bertz CT molecular complexity index is 429. The average Bonchev–Trinajstić information content (AvgIpc) is 2.63. The first-order valence-corrected chi connectivity index (χ1v) is 13.5. The second kappa shape index (κ2) is 22.1. The Labute approximate surface area is 204 Å². The number of hydrogen-bond donors (Lipinski definition) is 1. The summed E-state index contributed by atoms with van der Waals surface area (Å²) in [4.78, 5) is 0. The Morgan fingerprint density at radius 3 is 1.45 bits per heavy atom. The van der Waals surface area contributed by atoms with E-state index in [1.807, 2.05) is 6.92 Å². The molecule has 0 aliphatic carbocycles. The molecule has 29 heavy (non-hydrogen) atoms. The monoisotopic (exact) mass is 442 g/mol. The molecule has 0 radical (unpaired) electrons. The van der Waals surface area contributed by atoms with E-state index in [0.717, 1.165) is 32.1 Å². The summed E-state index contributed by atoms with van der Waals surface area (Å²) in [6, 6.07) is 0. The van der Waals surface area contributed by atoms with Crippen LogP contribution < -0.4 is 29.6 Å². The molecule has 0 aromatic rings. The van der Waals surface area contributed by atoms with Crippen LogP contribution in [-0.2, 0) is 10.1 Å². The largest absolute Gasteiger partial charge is 1.00 e. The number of aliphatic hydroxyl groups excluding tert-OH is 1. The van der Waals surface area contributed by atoms with E-state index < -0.39 is 15.4 Å². The fourth-order valence-electron chi connectivity index (χ4n) is 3.88. The van der Waals surface area contributed by atoms with Gasteiger partial charge in [0.15, 0.2) is 0 Å². The van der Waals surface area contributed by atoms with Crippen LogP contribution in [0.2, 0.25) is 0 Å². The standard InChI is InChI=1S/C23H48O4S.Na/c1-3-5-6-7-8-9-10-11-12-13-14-15-16-20-23(28(25,26)27)21-17-19-22(24)18-4-2;/h22-24H,3-21H2,1-2H3,(H,25,26,27);/q;+1/p-1. The molecule has 0 rings (SSSR count). The zero-order chi connectivity index (χ0) is 21.1. The van der Waals surface area contributed by atoms with Gasteiger partial charge in [0.2, 0.25) is 0 Å². The van der Waals surface area contributed by atoms with Gasteiger partial charge in [0.1, 0.15) is 0 Å². The van der Waals surface area contributed by atoms with Crippen molar-refractivity contribution < 1.29 is 47.6 Å². The Hall–Kier alpha value is 0.870. The van der Waals surface area contributed by atoms with Crippen LogP contribution in [-0.4, -0.2) is 29.4 Å². The van der Waals surface area contributed by atoms with Gasteiger partial charge in [-0.2, -0.15) is 0 Å². The molecule has 0 aromatic carbocycles. The Balaban J connectivity index is 0. The van der Waals surface area contributed by atoms with E-state index in [1.54, 1.807) is 0 Å². The van der Waals surface area contributed by atoms with Crippen LogP contribution in [0.1, 0.15) is 136 Å². The van der Waals surface area contributed by atoms with Gasteiger partial charge in [0.25, 0.3) is 0 Å². The van der Waals surface area contributed by atoms with Gasteiger partial charge in [-0.05, 0) is 32.1 Å². The average molecular weight is 443 g/mol. The van der Waals surface area contributed by atoms with Gasteiger partial charge in [-0.1, -0.05) is 104 Å². The first kappa shape index (κ1) is 32.1. The van der Waals surface area contributed by atoms with E-state index >= 15 is 0 Å². The molecule has 6 heteroatoms. The maximum atomic E-state index is 11.5. The predicted molar refractivity (Wildman–Crippen MR) is 119 cm³/mol. The number of hydrogen-bond acceptors (Lipinski definition) is 4. The van der Waals surface area contributed by atoms with Crippen molar-refractivity contribution >= 4 is 10.1 Å². The van der Waals surface area contributed by atoms with Crippen LogP contribution in [0.5, 0.6) is 0 Å². The van der Waals surface area contributed by atoms with Gasteiger partial charge in [-0.3, -0.25) is 0 Å². The molecule has 1 N–H and O–H groups in total. The zero-order valence-corrected chi connectivity index (χ0v) is 22.5. The van der Waals surface area contributed by atoms with Crippen LogP contribution in [0, 0.1) is 0 Å². The summed E-state index contributed by atoms with van der Waals surface area (Å²) in [5.74, 6) is 0. The Morgan fingerprint density at radius 1 is 0.621 bits per heavy atom. The smallest absolute Gasteiger partial charge is 0.748 e. The Kier molecular flexibility index (Phi) is 24.4. The van der Waals surface area contributed by atoms with Crippen LogP contribution in [0.3, 0.4) is 0 Å². The van der Waals surface area contributed by atoms with E-state index in [4.69, 9.17) is 0 Å². The molecule has 0 aliphatic heterocycles. The minimum atomic E-state index is -4.22. The van der Waals surface area contributed by atoms with E-state index in [0.29, 0.717) is 25.7 Å². The van der Waals surface area contributed by atoms with Crippen molar-refractivity contribution in [3.05, 3.63) is 0 Å². The number of unbranched alkanes of at least 4 members (excludes halogenated alkanes) is 12. The molecule has 0 spiro atoms. The molecule has 0 saturated carbocycles. The number of aliphatic hydroxyl groups is 1. The van der Waals surface area contributed by atoms with E-state index in [1.165, 1.54) is 64.2 Å². The molecule has 0 heterocycles. The second-order valence-electron chi connectivity index (χ2n) is 8.52. The number of rotatable bonds is 21. The molecular weight excluding hydrogens is 395 g/mol. The normalized spacial score (nSPS) is 13.8.